The SMILES string of the molecule is CCC1CC(=O)Nc2cncnc2NC(=O)c2cn(C)nc21.[HH]. The van der Waals surface area contributed by atoms with Gasteiger partial charge in [-0.1, -0.05) is 6.92 Å². The highest BCUT2D eigenvalue weighted by molar-refractivity contribution is 6.07. The van der Waals surface area contributed by atoms with E-state index in [2.05, 4.69) is 25.7 Å². The fourth-order valence-electron chi connectivity index (χ4n) is 2.54. The molecule has 2 N–H and O–H groups in total. The predicted octanol–water partition coefficient (Wildman–Crippen LogP) is 1.54. The van der Waals surface area contributed by atoms with E-state index >= 15 is 0 Å². The van der Waals surface area contributed by atoms with Gasteiger partial charge in [0.15, 0.2) is 5.82 Å². The molecule has 0 fully saturated rings. The zero-order valence-electron chi connectivity index (χ0n) is 12.3. The maximum atomic E-state index is 12.5. The second-order valence-electron chi connectivity index (χ2n) is 5.20. The summed E-state index contributed by atoms with van der Waals surface area (Å²) in [5, 5.41) is 9.81. The second kappa shape index (κ2) is 5.55. The van der Waals surface area contributed by atoms with E-state index in [1.165, 1.54) is 12.5 Å². The standard InChI is InChI=1S/C14H16N6O2.H2/c1-3-8-4-11(21)17-10-5-15-7-16-13(10)18-14(22)9-6-20(2)19-12(8)9;/h5-8H,3-4H2,1-2H3,(H,17,21)(H,15,16,18,22);1H. The van der Waals surface area contributed by atoms with Crippen molar-refractivity contribution in [1.29, 1.82) is 0 Å². The Balaban J connectivity index is 0.00000192. The first-order valence-corrected chi connectivity index (χ1v) is 7.03. The lowest BCUT2D eigenvalue weighted by molar-refractivity contribution is -0.116. The summed E-state index contributed by atoms with van der Waals surface area (Å²) in [7, 11) is 1.75. The van der Waals surface area contributed by atoms with E-state index < -0.39 is 0 Å². The molecule has 1 aliphatic heterocycles. The first kappa shape index (κ1) is 14.2. The molecule has 22 heavy (non-hydrogen) atoms. The zero-order valence-corrected chi connectivity index (χ0v) is 12.3. The van der Waals surface area contributed by atoms with Crippen LogP contribution in [-0.4, -0.2) is 31.6 Å². The molecule has 8 nitrogen and oxygen atoms in total. The van der Waals surface area contributed by atoms with Crippen LogP contribution in [0, 0.1) is 0 Å². The Morgan fingerprint density at radius 3 is 3.00 bits per heavy atom. The average Bonchev–Trinajstić information content (AvgIpc) is 2.88. The number of anilines is 2. The summed E-state index contributed by atoms with van der Waals surface area (Å²) in [6, 6.07) is 0. The van der Waals surface area contributed by atoms with Crippen LogP contribution in [0.2, 0.25) is 0 Å². The summed E-state index contributed by atoms with van der Waals surface area (Å²) in [6.45, 7) is 1.97. The molecule has 0 aliphatic carbocycles. The second-order valence-corrected chi connectivity index (χ2v) is 5.20. The molecule has 1 atom stereocenters. The van der Waals surface area contributed by atoms with Gasteiger partial charge in [0.25, 0.3) is 5.91 Å². The number of fused-ring (bicyclic) bond motifs is 2. The molecule has 0 bridgehead atoms. The molecule has 8 heteroatoms. The van der Waals surface area contributed by atoms with E-state index in [-0.39, 0.29) is 31.4 Å². The quantitative estimate of drug-likeness (QED) is 0.832. The number of aromatic nitrogens is 4. The molecule has 1 aliphatic rings. The van der Waals surface area contributed by atoms with Crippen molar-refractivity contribution in [1.82, 2.24) is 19.7 Å². The number of hydrogen-bond acceptors (Lipinski definition) is 5. The van der Waals surface area contributed by atoms with Crippen LogP contribution < -0.4 is 10.6 Å². The summed E-state index contributed by atoms with van der Waals surface area (Å²) >= 11 is 0. The Morgan fingerprint density at radius 1 is 1.41 bits per heavy atom. The zero-order chi connectivity index (χ0) is 15.7. The Morgan fingerprint density at radius 2 is 2.23 bits per heavy atom. The molecular formula is C14H18N6O2. The number of aryl methyl sites for hydroxylation is 1. The molecule has 3 rings (SSSR count). The van der Waals surface area contributed by atoms with Gasteiger partial charge in [0.1, 0.15) is 12.0 Å². The fourth-order valence-corrected chi connectivity index (χ4v) is 2.54. The van der Waals surface area contributed by atoms with Crippen LogP contribution in [0.25, 0.3) is 0 Å². The number of amides is 2. The van der Waals surface area contributed by atoms with Gasteiger partial charge < -0.3 is 10.6 Å². The van der Waals surface area contributed by atoms with Gasteiger partial charge in [-0.3, -0.25) is 14.3 Å². The van der Waals surface area contributed by atoms with Gasteiger partial charge in [0, 0.05) is 27.0 Å². The maximum absolute atomic E-state index is 12.5. The number of carbonyl (C=O) groups excluding carboxylic acids is 2. The van der Waals surface area contributed by atoms with Crippen LogP contribution in [-0.2, 0) is 11.8 Å². The number of nitrogens with one attached hydrogen (secondary N) is 2. The van der Waals surface area contributed by atoms with Crippen LogP contribution in [0.4, 0.5) is 11.5 Å². The van der Waals surface area contributed by atoms with Gasteiger partial charge in [-0.2, -0.15) is 5.10 Å². The molecule has 3 heterocycles. The Hall–Kier alpha value is -2.77. The lowest BCUT2D eigenvalue weighted by Crippen LogP contribution is -2.23. The molecule has 2 amide bonds. The maximum Gasteiger partial charge on any atom is 0.260 e. The molecule has 116 valence electrons. The number of hydrogen-bond donors (Lipinski definition) is 2. The summed E-state index contributed by atoms with van der Waals surface area (Å²) in [5.74, 6) is -0.292. The molecule has 2 aromatic rings. The average molecular weight is 302 g/mol. The highest BCUT2D eigenvalue weighted by Crippen LogP contribution is 2.28. The number of carbonyl (C=O) groups is 2. The summed E-state index contributed by atoms with van der Waals surface area (Å²) in [5.41, 5.74) is 1.49. The Labute approximate surface area is 128 Å². The van der Waals surface area contributed by atoms with Gasteiger partial charge in [-0.05, 0) is 6.42 Å². The Bertz CT molecular complexity index is 745. The molecule has 0 radical (unpaired) electrons. The van der Waals surface area contributed by atoms with Crippen molar-refractivity contribution in [3.8, 4) is 0 Å². The van der Waals surface area contributed by atoms with Crippen LogP contribution in [0.1, 0.15) is 43.2 Å². The third kappa shape index (κ3) is 2.54. The molecule has 0 spiro atoms. The third-order valence-corrected chi connectivity index (χ3v) is 3.63. The van der Waals surface area contributed by atoms with E-state index in [1.807, 2.05) is 6.92 Å². The van der Waals surface area contributed by atoms with Crippen molar-refractivity contribution >= 4 is 23.3 Å². The number of rotatable bonds is 1. The Kier molecular flexibility index (Phi) is 3.58. The van der Waals surface area contributed by atoms with Crippen molar-refractivity contribution < 1.29 is 11.0 Å². The van der Waals surface area contributed by atoms with Gasteiger partial charge in [0.05, 0.1) is 17.5 Å². The van der Waals surface area contributed by atoms with Gasteiger partial charge in [-0.15, -0.1) is 0 Å². The first-order chi connectivity index (χ1) is 10.6. The lowest BCUT2D eigenvalue weighted by Gasteiger charge is -2.17. The minimum absolute atomic E-state index is 0. The third-order valence-electron chi connectivity index (χ3n) is 3.63. The van der Waals surface area contributed by atoms with Crippen LogP contribution in [0.3, 0.4) is 0 Å². The molecule has 0 aromatic carbocycles. The minimum atomic E-state index is -0.294. The molecule has 0 saturated carbocycles. The monoisotopic (exact) mass is 302 g/mol. The first-order valence-electron chi connectivity index (χ1n) is 7.03. The molecule has 2 aromatic heterocycles. The normalized spacial score (nSPS) is 18.0. The van der Waals surface area contributed by atoms with E-state index in [0.717, 1.165) is 0 Å². The van der Waals surface area contributed by atoms with Gasteiger partial charge in [-0.25, -0.2) is 9.97 Å². The van der Waals surface area contributed by atoms with Crippen molar-refractivity contribution in [2.75, 3.05) is 10.6 Å². The van der Waals surface area contributed by atoms with E-state index in [4.69, 9.17) is 0 Å². The van der Waals surface area contributed by atoms with Crippen molar-refractivity contribution in [3.05, 3.63) is 30.0 Å². The predicted molar refractivity (Wildman–Crippen MR) is 81.6 cm³/mol. The largest absolute Gasteiger partial charge is 0.322 e. The van der Waals surface area contributed by atoms with E-state index in [0.29, 0.717) is 23.4 Å². The van der Waals surface area contributed by atoms with Crippen molar-refractivity contribution in [3.63, 3.8) is 0 Å². The van der Waals surface area contributed by atoms with E-state index in [1.54, 1.807) is 17.9 Å². The van der Waals surface area contributed by atoms with Gasteiger partial charge >= 0.3 is 0 Å². The van der Waals surface area contributed by atoms with E-state index in [9.17, 15) is 9.59 Å². The van der Waals surface area contributed by atoms with Crippen LogP contribution >= 0.6 is 0 Å². The molecule has 0 saturated heterocycles. The smallest absolute Gasteiger partial charge is 0.260 e. The molecular weight excluding hydrogens is 284 g/mol. The molecule has 1 unspecified atom stereocenters. The fraction of sp³-hybridized carbons (Fsp3) is 0.357. The van der Waals surface area contributed by atoms with Crippen LogP contribution in [0.5, 0.6) is 0 Å². The topological polar surface area (TPSA) is 102 Å². The van der Waals surface area contributed by atoms with Crippen molar-refractivity contribution in [2.24, 2.45) is 7.05 Å². The minimum Gasteiger partial charge on any atom is -0.322 e. The summed E-state index contributed by atoms with van der Waals surface area (Å²) < 4.78 is 1.59. The van der Waals surface area contributed by atoms with Crippen LogP contribution in [0.15, 0.2) is 18.7 Å². The summed E-state index contributed by atoms with van der Waals surface area (Å²) in [6.07, 6.45) is 5.40. The van der Waals surface area contributed by atoms with Gasteiger partial charge in [0.2, 0.25) is 5.91 Å². The highest BCUT2D eigenvalue weighted by Gasteiger charge is 2.27. The lowest BCUT2D eigenvalue weighted by atomic mass is 9.94. The highest BCUT2D eigenvalue weighted by atomic mass is 16.2. The summed E-state index contributed by atoms with van der Waals surface area (Å²) in [4.78, 5) is 32.6. The van der Waals surface area contributed by atoms with Crippen molar-refractivity contribution in [2.45, 2.75) is 25.7 Å². The number of nitrogens with zero attached hydrogens (tertiary/aromatic N) is 4.